The second-order valence-corrected chi connectivity index (χ2v) is 10.0. The molecule has 0 radical (unpaired) electrons. The van der Waals surface area contributed by atoms with Crippen LogP contribution in [0.5, 0.6) is 5.75 Å². The van der Waals surface area contributed by atoms with Gasteiger partial charge in [0.15, 0.2) is 5.78 Å². The molecule has 1 heterocycles. The summed E-state index contributed by atoms with van der Waals surface area (Å²) in [5, 5.41) is 2.80. The number of Topliss-reactive ketones (excluding diaryl/α,β-unsaturated/α-hetero) is 1. The van der Waals surface area contributed by atoms with Crippen molar-refractivity contribution in [2.45, 2.75) is 12.6 Å². The molecule has 1 N–H and O–H groups in total. The van der Waals surface area contributed by atoms with Crippen molar-refractivity contribution < 1.29 is 19.1 Å². The highest BCUT2D eigenvalue weighted by Crippen LogP contribution is 2.29. The van der Waals surface area contributed by atoms with E-state index in [4.69, 9.17) is 9.73 Å². The topological polar surface area (TPSA) is 88.1 Å². The van der Waals surface area contributed by atoms with E-state index in [0.717, 1.165) is 11.1 Å². The zero-order valence-electron chi connectivity index (χ0n) is 21.7. The lowest BCUT2D eigenvalue weighted by atomic mass is 10.00. The molecule has 0 fully saturated rings. The third-order valence-corrected chi connectivity index (χ3v) is 7.22. The molecule has 1 aliphatic heterocycles. The first kappa shape index (κ1) is 27.0. The van der Waals surface area contributed by atoms with Crippen LogP contribution in [-0.4, -0.2) is 43.1 Å². The van der Waals surface area contributed by atoms with Gasteiger partial charge in [-0.15, -0.1) is 0 Å². The van der Waals surface area contributed by atoms with E-state index >= 15 is 0 Å². The number of ether oxygens (including phenoxy) is 1. The van der Waals surface area contributed by atoms with Gasteiger partial charge in [-0.25, -0.2) is 4.99 Å². The summed E-state index contributed by atoms with van der Waals surface area (Å²) in [6.07, 6.45) is -1.22. The average Bonchev–Trinajstić information content (AvgIpc) is 3.08. The van der Waals surface area contributed by atoms with Crippen LogP contribution < -0.4 is 15.0 Å². The van der Waals surface area contributed by atoms with E-state index in [0.29, 0.717) is 32.7 Å². The molecule has 0 bridgehead atoms. The van der Waals surface area contributed by atoms with Crippen LogP contribution in [0.3, 0.4) is 0 Å². The van der Waals surface area contributed by atoms with Crippen molar-refractivity contribution in [3.63, 3.8) is 0 Å². The molecule has 8 heteroatoms. The number of nitrogens with one attached hydrogen (secondary N) is 1. The molecule has 200 valence electrons. The van der Waals surface area contributed by atoms with Crippen LogP contribution in [-0.2, 0) is 16.0 Å². The normalized spacial score (nSPS) is 14.6. The fourth-order valence-electron chi connectivity index (χ4n) is 4.60. The van der Waals surface area contributed by atoms with E-state index in [-0.39, 0.29) is 24.7 Å². The van der Waals surface area contributed by atoms with Crippen molar-refractivity contribution in [2.75, 3.05) is 18.6 Å². The molecule has 7 nitrogen and oxygen atoms in total. The van der Waals surface area contributed by atoms with Crippen LogP contribution in [0.15, 0.2) is 113 Å². The molecule has 1 unspecified atom stereocenters. The highest BCUT2D eigenvalue weighted by Gasteiger charge is 2.34. The van der Waals surface area contributed by atoms with Gasteiger partial charge in [-0.05, 0) is 29.8 Å². The number of benzodiazepines with no additional fused rings is 1. The minimum atomic E-state index is -1.24. The first-order valence-electron chi connectivity index (χ1n) is 12.7. The van der Waals surface area contributed by atoms with Gasteiger partial charge in [0.05, 0.1) is 31.5 Å². The zero-order chi connectivity index (χ0) is 28.1. The molecule has 2 amide bonds. The van der Waals surface area contributed by atoms with Crippen molar-refractivity contribution in [2.24, 2.45) is 4.99 Å². The fourth-order valence-corrected chi connectivity index (χ4v) is 5.11. The lowest BCUT2D eigenvalue weighted by molar-refractivity contribution is -0.127. The number of amides is 2. The van der Waals surface area contributed by atoms with Crippen LogP contribution >= 0.6 is 15.9 Å². The molecule has 4 aromatic carbocycles. The fraction of sp³-hybridized carbons (Fsp3) is 0.125. The summed E-state index contributed by atoms with van der Waals surface area (Å²) in [4.78, 5) is 46.8. The van der Waals surface area contributed by atoms with E-state index < -0.39 is 12.1 Å². The number of benzene rings is 4. The Bertz CT molecular complexity index is 1600. The zero-order valence-corrected chi connectivity index (χ0v) is 23.3. The van der Waals surface area contributed by atoms with Crippen molar-refractivity contribution in [1.29, 1.82) is 0 Å². The third-order valence-electron chi connectivity index (χ3n) is 6.53. The maximum absolute atomic E-state index is 14.0. The number of fused-ring (bicyclic) bond motifs is 1. The summed E-state index contributed by atoms with van der Waals surface area (Å²) in [5.41, 5.74) is 3.75. The van der Waals surface area contributed by atoms with E-state index in [2.05, 4.69) is 21.2 Å². The number of nitrogens with zero attached hydrogens (tertiary/aromatic N) is 2. The first-order valence-corrected chi connectivity index (χ1v) is 13.5. The second-order valence-electron chi connectivity index (χ2n) is 9.19. The van der Waals surface area contributed by atoms with Gasteiger partial charge in [-0.2, -0.15) is 0 Å². The summed E-state index contributed by atoms with van der Waals surface area (Å²) in [6, 6.07) is 31.1. The number of hydrogen-bond donors (Lipinski definition) is 1. The lowest BCUT2D eigenvalue weighted by Gasteiger charge is -2.25. The van der Waals surface area contributed by atoms with Crippen LogP contribution in [0.2, 0.25) is 0 Å². The van der Waals surface area contributed by atoms with Crippen LogP contribution in [0.4, 0.5) is 5.69 Å². The maximum Gasteiger partial charge on any atom is 0.272 e. The number of halogens is 1. The highest BCUT2D eigenvalue weighted by atomic mass is 79.9. The van der Waals surface area contributed by atoms with Gasteiger partial charge in [0.25, 0.3) is 5.91 Å². The number of rotatable bonds is 8. The van der Waals surface area contributed by atoms with Crippen molar-refractivity contribution in [1.82, 2.24) is 5.32 Å². The lowest BCUT2D eigenvalue weighted by Crippen LogP contribution is -2.49. The van der Waals surface area contributed by atoms with Gasteiger partial charge in [0.2, 0.25) is 12.1 Å². The predicted molar refractivity (Wildman–Crippen MR) is 158 cm³/mol. The van der Waals surface area contributed by atoms with Crippen LogP contribution in [0, 0.1) is 0 Å². The number of aliphatic imine (C=N–C) groups is 1. The summed E-state index contributed by atoms with van der Waals surface area (Å²) < 4.78 is 5.90. The van der Waals surface area contributed by atoms with Gasteiger partial charge in [0.1, 0.15) is 5.75 Å². The minimum Gasteiger partial charge on any atom is -0.497 e. The summed E-state index contributed by atoms with van der Waals surface area (Å²) in [6.45, 7) is -0.224. The third kappa shape index (κ3) is 5.87. The second kappa shape index (κ2) is 12.1. The number of hydrogen-bond acceptors (Lipinski definition) is 5. The number of ketones is 1. The molecular weight excluding hydrogens is 570 g/mol. The molecule has 1 atom stereocenters. The first-order chi connectivity index (χ1) is 19.4. The molecule has 0 aliphatic carbocycles. The SMILES string of the molecule is COc1cccc(CC(=O)NC2N=C(c3ccccc3)c3ccccc3N(CC(=O)c3ccccc3Br)C2=O)c1. The molecule has 0 spiro atoms. The molecule has 0 saturated carbocycles. The Morgan fingerprint density at radius 2 is 1.65 bits per heavy atom. The smallest absolute Gasteiger partial charge is 0.272 e. The minimum absolute atomic E-state index is 0.0278. The highest BCUT2D eigenvalue weighted by molar-refractivity contribution is 9.10. The Kier molecular flexibility index (Phi) is 8.17. The van der Waals surface area contributed by atoms with Crippen LogP contribution in [0.25, 0.3) is 0 Å². The van der Waals surface area contributed by atoms with E-state index in [1.807, 2.05) is 60.7 Å². The Labute approximate surface area is 240 Å². The monoisotopic (exact) mass is 595 g/mol. The Hall–Kier alpha value is -4.56. The maximum atomic E-state index is 14.0. The molecular formula is C32H26BrN3O4. The number of anilines is 1. The van der Waals surface area contributed by atoms with Crippen LogP contribution in [0.1, 0.15) is 27.0 Å². The molecule has 4 aromatic rings. The largest absolute Gasteiger partial charge is 0.497 e. The van der Waals surface area contributed by atoms with Gasteiger partial charge in [-0.3, -0.25) is 14.4 Å². The number of carbonyl (C=O) groups excluding carboxylic acids is 3. The number of carbonyl (C=O) groups is 3. The number of para-hydroxylation sites is 1. The Balaban J connectivity index is 1.53. The molecule has 0 saturated heterocycles. The molecule has 40 heavy (non-hydrogen) atoms. The molecule has 1 aliphatic rings. The van der Waals surface area contributed by atoms with Crippen molar-refractivity contribution in [3.05, 3.63) is 130 Å². The van der Waals surface area contributed by atoms with Gasteiger partial charge >= 0.3 is 0 Å². The molecule has 0 aromatic heterocycles. The van der Waals surface area contributed by atoms with Crippen molar-refractivity contribution in [3.8, 4) is 5.75 Å². The number of methoxy groups -OCH3 is 1. The van der Waals surface area contributed by atoms with E-state index in [9.17, 15) is 14.4 Å². The van der Waals surface area contributed by atoms with Crippen molar-refractivity contribution >= 4 is 44.9 Å². The summed E-state index contributed by atoms with van der Waals surface area (Å²) in [5.74, 6) is -0.503. The quantitative estimate of drug-likeness (QED) is 0.283. The Morgan fingerprint density at radius 1 is 0.925 bits per heavy atom. The Morgan fingerprint density at radius 3 is 2.42 bits per heavy atom. The predicted octanol–water partition coefficient (Wildman–Crippen LogP) is 5.21. The van der Waals surface area contributed by atoms with Gasteiger partial charge in [0, 0.05) is 21.2 Å². The van der Waals surface area contributed by atoms with E-state index in [1.54, 1.807) is 49.6 Å². The average molecular weight is 596 g/mol. The standard InChI is InChI=1S/C32H26BrN3O4/c1-40-23-13-9-10-21(18-23)19-29(38)34-31-32(39)36(20-28(37)24-14-5-7-16-26(24)33)27-17-8-6-15-25(27)30(35-31)22-11-3-2-4-12-22/h2-18,31H,19-20H2,1H3,(H,34,38). The molecule has 5 rings (SSSR count). The summed E-state index contributed by atoms with van der Waals surface area (Å²) in [7, 11) is 1.56. The van der Waals surface area contributed by atoms with Gasteiger partial charge < -0.3 is 15.0 Å². The van der Waals surface area contributed by atoms with E-state index in [1.165, 1.54) is 4.90 Å². The van der Waals surface area contributed by atoms with Gasteiger partial charge in [-0.1, -0.05) is 94.8 Å². The summed E-state index contributed by atoms with van der Waals surface area (Å²) >= 11 is 3.44.